The van der Waals surface area contributed by atoms with Crippen molar-refractivity contribution in [2.75, 3.05) is 25.6 Å². The van der Waals surface area contributed by atoms with Crippen molar-refractivity contribution in [3.8, 4) is 0 Å². The first-order valence-corrected chi connectivity index (χ1v) is 6.30. The summed E-state index contributed by atoms with van der Waals surface area (Å²) >= 11 is 0. The minimum atomic E-state index is -3.60. The molecule has 0 fully saturated rings. The Balaban J connectivity index is 4.67. The lowest BCUT2D eigenvalue weighted by molar-refractivity contribution is 0.0581. The molecule has 15 heavy (non-hydrogen) atoms. The lowest BCUT2D eigenvalue weighted by Gasteiger charge is -2.28. The predicted octanol–water partition coefficient (Wildman–Crippen LogP) is -1.72. The molecule has 0 amide bonds. The molecule has 0 heterocycles. The molecule has 92 valence electrons. The Labute approximate surface area is 90.0 Å². The Morgan fingerprint density at radius 1 is 1.13 bits per heavy atom. The van der Waals surface area contributed by atoms with Gasteiger partial charge in [0.15, 0.2) is 0 Å². The van der Waals surface area contributed by atoms with E-state index in [1.165, 1.54) is 0 Å². The molecule has 7 heteroatoms. The van der Waals surface area contributed by atoms with Crippen molar-refractivity contribution < 1.29 is 23.7 Å². The van der Waals surface area contributed by atoms with E-state index >= 15 is 0 Å². The average molecular weight is 241 g/mol. The van der Waals surface area contributed by atoms with Gasteiger partial charge in [0.2, 0.25) is 10.0 Å². The van der Waals surface area contributed by atoms with Gasteiger partial charge in [0.05, 0.1) is 25.6 Å². The largest absolute Gasteiger partial charge is 0.394 e. The Bertz CT molecular complexity index is 262. The number of aliphatic hydroxyl groups excluding tert-OH is 3. The maximum Gasteiger partial charge on any atom is 0.212 e. The fraction of sp³-hybridized carbons (Fsp3) is 1.00. The van der Waals surface area contributed by atoms with E-state index in [-0.39, 0.29) is 11.7 Å². The van der Waals surface area contributed by atoms with Gasteiger partial charge in [-0.05, 0) is 5.92 Å². The van der Waals surface area contributed by atoms with Crippen LogP contribution in [0.3, 0.4) is 0 Å². The lowest BCUT2D eigenvalue weighted by Crippen LogP contribution is -2.57. The molecule has 0 unspecified atom stereocenters. The molecule has 0 aromatic heterocycles. The molecule has 0 aliphatic heterocycles. The van der Waals surface area contributed by atoms with Gasteiger partial charge in [-0.25, -0.2) is 13.1 Å². The van der Waals surface area contributed by atoms with Crippen molar-refractivity contribution in [3.63, 3.8) is 0 Å². The number of rotatable bonds is 7. The van der Waals surface area contributed by atoms with Crippen LogP contribution in [0.2, 0.25) is 0 Å². The van der Waals surface area contributed by atoms with Gasteiger partial charge in [0.25, 0.3) is 0 Å². The molecule has 6 nitrogen and oxygen atoms in total. The van der Waals surface area contributed by atoms with E-state index in [9.17, 15) is 8.42 Å². The number of sulfonamides is 1. The van der Waals surface area contributed by atoms with Crippen LogP contribution in [0.5, 0.6) is 0 Å². The van der Waals surface area contributed by atoms with Gasteiger partial charge >= 0.3 is 0 Å². The molecule has 0 radical (unpaired) electrons. The van der Waals surface area contributed by atoms with Crippen molar-refractivity contribution in [3.05, 3.63) is 0 Å². The van der Waals surface area contributed by atoms with E-state index < -0.39 is 35.4 Å². The van der Waals surface area contributed by atoms with E-state index in [0.29, 0.717) is 0 Å². The highest BCUT2D eigenvalue weighted by Gasteiger charge is 2.33. The maximum atomic E-state index is 11.5. The van der Waals surface area contributed by atoms with E-state index in [1.807, 2.05) is 0 Å². The standard InChI is InChI=1S/C8H19NO5S/c1-7(2)3-15(13,14)9-8(4-10,5-11)6-12/h7,9-12H,3-6H2,1-2H3. The smallest absolute Gasteiger partial charge is 0.212 e. The van der Waals surface area contributed by atoms with Crippen LogP contribution >= 0.6 is 0 Å². The van der Waals surface area contributed by atoms with E-state index in [4.69, 9.17) is 15.3 Å². The van der Waals surface area contributed by atoms with Gasteiger partial charge < -0.3 is 15.3 Å². The second-order valence-electron chi connectivity index (χ2n) is 4.03. The summed E-state index contributed by atoms with van der Waals surface area (Å²) in [4.78, 5) is 0. The molecule has 4 N–H and O–H groups in total. The summed E-state index contributed by atoms with van der Waals surface area (Å²) in [5.41, 5.74) is -1.58. The van der Waals surface area contributed by atoms with Gasteiger partial charge in [0, 0.05) is 0 Å². The fourth-order valence-corrected chi connectivity index (χ4v) is 2.87. The third-order valence-corrected chi connectivity index (χ3v) is 3.68. The van der Waals surface area contributed by atoms with Gasteiger partial charge in [-0.2, -0.15) is 0 Å². The Morgan fingerprint density at radius 2 is 1.53 bits per heavy atom. The summed E-state index contributed by atoms with van der Waals surface area (Å²) in [6.45, 7) is 1.50. The minimum absolute atomic E-state index is 0.0729. The molecule has 0 bridgehead atoms. The van der Waals surface area contributed by atoms with Crippen LogP contribution in [-0.4, -0.2) is 54.8 Å². The third-order valence-electron chi connectivity index (χ3n) is 1.83. The second kappa shape index (κ2) is 5.76. The van der Waals surface area contributed by atoms with Crippen LogP contribution < -0.4 is 4.72 Å². The van der Waals surface area contributed by atoms with Gasteiger partial charge in [-0.3, -0.25) is 0 Å². The van der Waals surface area contributed by atoms with Gasteiger partial charge in [-0.15, -0.1) is 0 Å². The van der Waals surface area contributed by atoms with Crippen LogP contribution in [0.15, 0.2) is 0 Å². The molecule has 0 aliphatic carbocycles. The molecule has 0 aromatic carbocycles. The fourth-order valence-electron chi connectivity index (χ4n) is 1.06. The van der Waals surface area contributed by atoms with Crippen LogP contribution in [0.25, 0.3) is 0 Å². The van der Waals surface area contributed by atoms with E-state index in [0.717, 1.165) is 0 Å². The van der Waals surface area contributed by atoms with Crippen molar-refractivity contribution in [2.24, 2.45) is 5.92 Å². The molecule has 0 saturated heterocycles. The molecule has 0 spiro atoms. The van der Waals surface area contributed by atoms with Crippen molar-refractivity contribution in [1.82, 2.24) is 4.72 Å². The summed E-state index contributed by atoms with van der Waals surface area (Å²) in [7, 11) is -3.60. The van der Waals surface area contributed by atoms with Gasteiger partial charge in [0.1, 0.15) is 5.54 Å². The zero-order chi connectivity index (χ0) is 12.1. The second-order valence-corrected chi connectivity index (χ2v) is 5.80. The topological polar surface area (TPSA) is 107 Å². The van der Waals surface area contributed by atoms with E-state index in [1.54, 1.807) is 13.8 Å². The predicted molar refractivity (Wildman–Crippen MR) is 55.7 cm³/mol. The maximum absolute atomic E-state index is 11.5. The van der Waals surface area contributed by atoms with Crippen molar-refractivity contribution in [2.45, 2.75) is 19.4 Å². The molecule has 0 aromatic rings. The zero-order valence-corrected chi connectivity index (χ0v) is 9.79. The normalized spacial score (nSPS) is 13.5. The molecular formula is C8H19NO5S. The number of hydrogen-bond donors (Lipinski definition) is 4. The summed E-state index contributed by atoms with van der Waals surface area (Å²) in [5, 5.41) is 26.8. The first-order chi connectivity index (χ1) is 6.81. The monoisotopic (exact) mass is 241 g/mol. The number of nitrogens with one attached hydrogen (secondary N) is 1. The molecular weight excluding hydrogens is 222 g/mol. The van der Waals surface area contributed by atoms with E-state index in [2.05, 4.69) is 4.72 Å². The summed E-state index contributed by atoms with van der Waals surface area (Å²) in [6.07, 6.45) is 0. The third kappa shape index (κ3) is 4.89. The average Bonchev–Trinajstić information content (AvgIpc) is 2.12. The Morgan fingerprint density at radius 3 is 1.80 bits per heavy atom. The summed E-state index contributed by atoms with van der Waals surface area (Å²) in [5.74, 6) is -0.189. The highest BCUT2D eigenvalue weighted by molar-refractivity contribution is 7.89. The first-order valence-electron chi connectivity index (χ1n) is 4.65. The highest BCUT2D eigenvalue weighted by Crippen LogP contribution is 2.07. The Kier molecular flexibility index (Phi) is 5.68. The van der Waals surface area contributed by atoms with Crippen LogP contribution in [-0.2, 0) is 10.0 Å². The van der Waals surface area contributed by atoms with Gasteiger partial charge in [-0.1, -0.05) is 13.8 Å². The molecule has 0 aliphatic rings. The Hall–Kier alpha value is -0.210. The van der Waals surface area contributed by atoms with Crippen molar-refractivity contribution in [1.29, 1.82) is 0 Å². The molecule has 0 rings (SSSR count). The number of aliphatic hydroxyl groups is 3. The number of hydrogen-bond acceptors (Lipinski definition) is 5. The lowest BCUT2D eigenvalue weighted by atomic mass is 10.1. The van der Waals surface area contributed by atoms with Crippen LogP contribution in [0.4, 0.5) is 0 Å². The summed E-state index contributed by atoms with van der Waals surface area (Å²) < 4.78 is 25.1. The quantitative estimate of drug-likeness (QED) is 0.424. The van der Waals surface area contributed by atoms with Crippen LogP contribution in [0.1, 0.15) is 13.8 Å². The first kappa shape index (κ1) is 14.8. The van der Waals surface area contributed by atoms with Crippen molar-refractivity contribution >= 4 is 10.0 Å². The summed E-state index contributed by atoms with van der Waals surface area (Å²) in [6, 6.07) is 0. The SMILES string of the molecule is CC(C)CS(=O)(=O)NC(CO)(CO)CO. The molecule has 0 saturated carbocycles. The van der Waals surface area contributed by atoms with Crippen LogP contribution in [0, 0.1) is 5.92 Å². The highest BCUT2D eigenvalue weighted by atomic mass is 32.2. The molecule has 0 atom stereocenters. The minimum Gasteiger partial charge on any atom is -0.394 e. The zero-order valence-electron chi connectivity index (χ0n) is 8.97.